The molecule has 0 aliphatic carbocycles. The molecule has 13 heavy (non-hydrogen) atoms. The molecule has 1 rings (SSSR count). The molecule has 0 saturated carbocycles. The van der Waals surface area contributed by atoms with E-state index in [9.17, 15) is 9.18 Å². The Morgan fingerprint density at radius 2 is 2.23 bits per heavy atom. The van der Waals surface area contributed by atoms with Gasteiger partial charge in [0.05, 0.1) is 18.4 Å². The van der Waals surface area contributed by atoms with Crippen molar-refractivity contribution < 1.29 is 19.0 Å². The van der Waals surface area contributed by atoms with Gasteiger partial charge in [-0.15, -0.1) is 0 Å². The second-order valence-corrected chi connectivity index (χ2v) is 2.38. The van der Waals surface area contributed by atoms with Crippen molar-refractivity contribution in [2.24, 2.45) is 0 Å². The number of phenols is 1. The van der Waals surface area contributed by atoms with Gasteiger partial charge in [-0.25, -0.2) is 9.18 Å². The van der Waals surface area contributed by atoms with Gasteiger partial charge in [-0.3, -0.25) is 0 Å². The number of esters is 1. The van der Waals surface area contributed by atoms with E-state index < -0.39 is 11.8 Å². The summed E-state index contributed by atoms with van der Waals surface area (Å²) in [5, 5.41) is 9.07. The minimum Gasteiger partial charge on any atom is -0.506 e. The summed E-state index contributed by atoms with van der Waals surface area (Å²) in [5.41, 5.74) is 4.73. The number of benzene rings is 1. The van der Waals surface area contributed by atoms with Gasteiger partial charge in [-0.2, -0.15) is 0 Å². The van der Waals surface area contributed by atoms with Crippen LogP contribution in [-0.4, -0.2) is 18.2 Å². The molecular weight excluding hydrogens is 177 g/mol. The number of ether oxygens (including phenoxy) is 1. The molecule has 0 unspecified atom stereocenters. The number of rotatable bonds is 1. The van der Waals surface area contributed by atoms with Crippen LogP contribution in [0.1, 0.15) is 10.4 Å². The number of nitrogen functional groups attached to an aromatic ring is 1. The molecule has 0 aliphatic heterocycles. The summed E-state index contributed by atoms with van der Waals surface area (Å²) in [6.07, 6.45) is 0. The lowest BCUT2D eigenvalue weighted by Gasteiger charge is -2.03. The molecule has 70 valence electrons. The van der Waals surface area contributed by atoms with Crippen molar-refractivity contribution in [1.29, 1.82) is 0 Å². The lowest BCUT2D eigenvalue weighted by atomic mass is 10.2. The second kappa shape index (κ2) is 3.30. The molecular formula is C8H8FNO3. The second-order valence-electron chi connectivity index (χ2n) is 2.38. The van der Waals surface area contributed by atoms with Crippen molar-refractivity contribution in [3.63, 3.8) is 0 Å². The van der Waals surface area contributed by atoms with E-state index in [1.165, 1.54) is 0 Å². The minimum absolute atomic E-state index is 0.120. The van der Waals surface area contributed by atoms with Gasteiger partial charge < -0.3 is 15.6 Å². The van der Waals surface area contributed by atoms with Gasteiger partial charge in [-0.1, -0.05) is 0 Å². The van der Waals surface area contributed by atoms with Crippen molar-refractivity contribution in [2.75, 3.05) is 12.8 Å². The third-order valence-corrected chi connectivity index (χ3v) is 1.52. The quantitative estimate of drug-likeness (QED) is 0.387. The molecule has 1 aromatic rings. The number of aromatic hydroxyl groups is 1. The molecule has 0 atom stereocenters. The first kappa shape index (κ1) is 9.31. The molecule has 0 spiro atoms. The van der Waals surface area contributed by atoms with Crippen LogP contribution in [0.5, 0.6) is 5.75 Å². The smallest absolute Gasteiger partial charge is 0.340 e. The third-order valence-electron chi connectivity index (χ3n) is 1.52. The Labute approximate surface area is 73.7 Å². The van der Waals surface area contributed by atoms with E-state index in [0.717, 1.165) is 19.2 Å². The Morgan fingerprint density at radius 3 is 2.77 bits per heavy atom. The zero-order valence-electron chi connectivity index (χ0n) is 6.87. The Balaban J connectivity index is 3.23. The fraction of sp³-hybridized carbons (Fsp3) is 0.125. The zero-order valence-corrected chi connectivity index (χ0v) is 6.87. The molecule has 0 bridgehead atoms. The lowest BCUT2D eigenvalue weighted by molar-refractivity contribution is 0.0595. The monoisotopic (exact) mass is 185 g/mol. The van der Waals surface area contributed by atoms with Crippen LogP contribution in [0.4, 0.5) is 10.1 Å². The van der Waals surface area contributed by atoms with Crippen LogP contribution < -0.4 is 5.73 Å². The van der Waals surface area contributed by atoms with E-state index in [1.807, 2.05) is 0 Å². The van der Waals surface area contributed by atoms with E-state index in [0.29, 0.717) is 0 Å². The molecule has 0 fully saturated rings. The van der Waals surface area contributed by atoms with E-state index in [1.54, 1.807) is 0 Å². The van der Waals surface area contributed by atoms with Crippen LogP contribution in [0.2, 0.25) is 0 Å². The normalized spacial score (nSPS) is 9.69. The van der Waals surface area contributed by atoms with Gasteiger partial charge >= 0.3 is 5.97 Å². The maximum atomic E-state index is 13.0. The van der Waals surface area contributed by atoms with Crippen molar-refractivity contribution in [3.05, 3.63) is 23.5 Å². The van der Waals surface area contributed by atoms with Crippen LogP contribution in [0.15, 0.2) is 12.1 Å². The van der Waals surface area contributed by atoms with E-state index >= 15 is 0 Å². The van der Waals surface area contributed by atoms with Gasteiger partial charge in [0.15, 0.2) is 0 Å². The Bertz CT molecular complexity index is 351. The minimum atomic E-state index is -0.854. The fourth-order valence-electron chi connectivity index (χ4n) is 0.844. The van der Waals surface area contributed by atoms with E-state index in [2.05, 4.69) is 4.74 Å². The number of halogens is 1. The predicted octanol–water partition coefficient (Wildman–Crippen LogP) is 0.900. The first-order valence-electron chi connectivity index (χ1n) is 3.42. The predicted molar refractivity (Wildman–Crippen MR) is 43.8 cm³/mol. The molecule has 4 nitrogen and oxygen atoms in total. The molecule has 0 heterocycles. The zero-order chi connectivity index (χ0) is 10.0. The summed E-state index contributed by atoms with van der Waals surface area (Å²) in [6, 6.07) is 1.79. The number of phenolic OH excluding ortho intramolecular Hbond substituents is 1. The van der Waals surface area contributed by atoms with Crippen LogP contribution in [-0.2, 0) is 4.74 Å². The average molecular weight is 185 g/mol. The molecule has 5 heteroatoms. The number of anilines is 1. The standard InChI is InChI=1S/C8H8FNO3/c1-13-8(12)4-2-7(11)6(10)3-5(4)9/h2-3,11H,10H2,1H3. The summed E-state index contributed by atoms with van der Waals surface area (Å²) in [6.45, 7) is 0. The van der Waals surface area contributed by atoms with E-state index in [-0.39, 0.29) is 17.0 Å². The number of nitrogens with two attached hydrogens (primary N) is 1. The Hall–Kier alpha value is -1.78. The average Bonchev–Trinajstić information content (AvgIpc) is 2.10. The molecule has 0 aliphatic rings. The topological polar surface area (TPSA) is 72.5 Å². The highest BCUT2D eigenvalue weighted by molar-refractivity contribution is 5.90. The summed E-state index contributed by atoms with van der Waals surface area (Å²) >= 11 is 0. The van der Waals surface area contributed by atoms with Crippen molar-refractivity contribution in [2.45, 2.75) is 0 Å². The Morgan fingerprint density at radius 1 is 1.62 bits per heavy atom. The fourth-order valence-corrected chi connectivity index (χ4v) is 0.844. The summed E-state index contributed by atoms with van der Waals surface area (Å²) in [4.78, 5) is 10.9. The van der Waals surface area contributed by atoms with Gasteiger partial charge in [0, 0.05) is 6.07 Å². The van der Waals surface area contributed by atoms with Crippen molar-refractivity contribution in [1.82, 2.24) is 0 Å². The number of carbonyl (C=O) groups is 1. The first-order valence-corrected chi connectivity index (χ1v) is 3.42. The van der Waals surface area contributed by atoms with Crippen molar-refractivity contribution >= 4 is 11.7 Å². The van der Waals surface area contributed by atoms with Crippen LogP contribution in [0.25, 0.3) is 0 Å². The summed E-state index contributed by atoms with van der Waals surface area (Å²) in [5.74, 6) is -2.02. The molecule has 0 aromatic heterocycles. The van der Waals surface area contributed by atoms with Crippen LogP contribution in [0.3, 0.4) is 0 Å². The van der Waals surface area contributed by atoms with E-state index in [4.69, 9.17) is 10.8 Å². The molecule has 3 N–H and O–H groups in total. The van der Waals surface area contributed by atoms with Gasteiger partial charge in [-0.05, 0) is 6.07 Å². The summed E-state index contributed by atoms with van der Waals surface area (Å²) in [7, 11) is 1.12. The maximum Gasteiger partial charge on any atom is 0.340 e. The lowest BCUT2D eigenvalue weighted by Crippen LogP contribution is -2.05. The Kier molecular flexibility index (Phi) is 2.36. The van der Waals surface area contributed by atoms with Gasteiger partial charge in [0.1, 0.15) is 11.6 Å². The molecule has 0 radical (unpaired) electrons. The SMILES string of the molecule is COC(=O)c1cc(O)c(N)cc1F. The van der Waals surface area contributed by atoms with Gasteiger partial charge in [0.25, 0.3) is 0 Å². The highest BCUT2D eigenvalue weighted by Gasteiger charge is 2.14. The van der Waals surface area contributed by atoms with Crippen LogP contribution >= 0.6 is 0 Å². The molecule has 0 saturated heterocycles. The highest BCUT2D eigenvalue weighted by atomic mass is 19.1. The number of methoxy groups -OCH3 is 1. The highest BCUT2D eigenvalue weighted by Crippen LogP contribution is 2.23. The van der Waals surface area contributed by atoms with Gasteiger partial charge in [0.2, 0.25) is 0 Å². The maximum absolute atomic E-state index is 13.0. The van der Waals surface area contributed by atoms with Crippen LogP contribution in [0, 0.1) is 5.82 Å². The molecule has 0 amide bonds. The third kappa shape index (κ3) is 1.69. The number of carbonyl (C=O) groups excluding carboxylic acids is 1. The number of hydrogen-bond acceptors (Lipinski definition) is 4. The number of hydrogen-bond donors (Lipinski definition) is 2. The largest absolute Gasteiger partial charge is 0.506 e. The first-order chi connectivity index (χ1) is 6.06. The van der Waals surface area contributed by atoms with Crippen molar-refractivity contribution in [3.8, 4) is 5.75 Å². The molecule has 1 aromatic carbocycles. The summed E-state index contributed by atoms with van der Waals surface area (Å²) < 4.78 is 17.3.